The van der Waals surface area contributed by atoms with Crippen molar-refractivity contribution in [3.05, 3.63) is 0 Å². The second-order valence-corrected chi connectivity index (χ2v) is 8.72. The molecule has 9 nitrogen and oxygen atoms in total. The summed E-state index contributed by atoms with van der Waals surface area (Å²) < 4.78 is 0. The van der Waals surface area contributed by atoms with Crippen LogP contribution in [0.25, 0.3) is 0 Å². The number of hydrogen-bond donors (Lipinski definition) is 4. The number of nitrogens with zero attached hydrogens (tertiary/aromatic N) is 1. The number of carbonyl (C=O) groups excluding carboxylic acids is 4. The predicted octanol–water partition coefficient (Wildman–Crippen LogP) is 2.08. The number of amides is 3. The average molecular weight is 441 g/mol. The molecule has 1 fully saturated rings. The van der Waals surface area contributed by atoms with Crippen LogP contribution in [0.3, 0.4) is 0 Å². The Morgan fingerprint density at radius 2 is 1.87 bits per heavy atom. The third-order valence-electron chi connectivity index (χ3n) is 5.61. The number of unbranched alkanes of at least 4 members (excludes halogenated alkanes) is 2. The molecule has 0 radical (unpaired) electrons. The summed E-state index contributed by atoms with van der Waals surface area (Å²) >= 11 is 0. The minimum absolute atomic E-state index is 0.0271. The van der Waals surface area contributed by atoms with Crippen molar-refractivity contribution in [2.45, 2.75) is 97.6 Å². The van der Waals surface area contributed by atoms with Crippen molar-refractivity contribution in [3.8, 4) is 0 Å². The summed E-state index contributed by atoms with van der Waals surface area (Å²) in [6.07, 6.45) is 5.11. The molecule has 4 N–H and O–H groups in total. The maximum atomic E-state index is 13.3. The Balaban J connectivity index is 2.97. The lowest BCUT2D eigenvalue weighted by atomic mass is 9.94. The Labute approximate surface area is 185 Å². The van der Waals surface area contributed by atoms with Gasteiger partial charge in [0.25, 0.3) is 0 Å². The number of hydrazine groups is 1. The van der Waals surface area contributed by atoms with Gasteiger partial charge in [0.2, 0.25) is 17.7 Å². The molecule has 1 aliphatic heterocycles. The molecule has 0 spiro atoms. The van der Waals surface area contributed by atoms with Gasteiger partial charge in [0.05, 0.1) is 6.04 Å². The van der Waals surface area contributed by atoms with Crippen LogP contribution in [0.4, 0.5) is 0 Å². The Morgan fingerprint density at radius 3 is 2.45 bits per heavy atom. The highest BCUT2D eigenvalue weighted by Crippen LogP contribution is 2.21. The number of rotatable bonds is 13. The number of ketones is 1. The van der Waals surface area contributed by atoms with Crippen molar-refractivity contribution >= 4 is 23.5 Å². The van der Waals surface area contributed by atoms with Gasteiger partial charge in [-0.1, -0.05) is 47.0 Å². The van der Waals surface area contributed by atoms with E-state index in [0.717, 1.165) is 25.7 Å². The first-order valence-electron chi connectivity index (χ1n) is 11.6. The zero-order valence-corrected chi connectivity index (χ0v) is 19.4. The number of nitrogens with one attached hydrogen (secondary N) is 3. The summed E-state index contributed by atoms with van der Waals surface area (Å²) in [5.74, 6) is -1.74. The second-order valence-electron chi connectivity index (χ2n) is 8.72. The summed E-state index contributed by atoms with van der Waals surface area (Å²) in [5.41, 5.74) is 4.61. The Bertz CT molecular complexity index is 611. The molecule has 0 aromatic rings. The van der Waals surface area contributed by atoms with Gasteiger partial charge >= 0.3 is 0 Å². The predicted molar refractivity (Wildman–Crippen MR) is 117 cm³/mol. The number of Topliss-reactive ketones (excluding diaryl/α,β-unsaturated/α-hetero) is 1. The van der Waals surface area contributed by atoms with E-state index in [1.807, 2.05) is 13.8 Å². The molecule has 9 heteroatoms. The normalized spacial score (nSPS) is 18.4. The highest BCUT2D eigenvalue weighted by Gasteiger charge is 2.37. The lowest BCUT2D eigenvalue weighted by molar-refractivity contribution is -0.152. The fraction of sp³-hybridized carbons (Fsp3) is 0.818. The Hall–Kier alpha value is -2.00. The van der Waals surface area contributed by atoms with Gasteiger partial charge in [0.1, 0.15) is 6.04 Å². The van der Waals surface area contributed by atoms with E-state index in [9.17, 15) is 19.2 Å². The van der Waals surface area contributed by atoms with Gasteiger partial charge in [-0.05, 0) is 31.6 Å². The molecule has 1 saturated heterocycles. The van der Waals surface area contributed by atoms with Gasteiger partial charge in [0, 0.05) is 25.3 Å². The molecule has 0 aromatic carbocycles. The maximum Gasteiger partial charge on any atom is 0.245 e. The fourth-order valence-electron chi connectivity index (χ4n) is 3.89. The van der Waals surface area contributed by atoms with Gasteiger partial charge in [-0.15, -0.1) is 0 Å². The van der Waals surface area contributed by atoms with E-state index in [0.29, 0.717) is 32.2 Å². The quantitative estimate of drug-likeness (QED) is 0.197. The molecule has 31 heavy (non-hydrogen) atoms. The smallest absolute Gasteiger partial charge is 0.245 e. The molecule has 1 rings (SSSR count). The SMILES string of the molecule is CCCCC[C@H](CC(=O)NO)C(=O)N1NCCC[C@H]1C(=O)N[C@@H](CC(C)C)C(=O)CC. The van der Waals surface area contributed by atoms with Crippen LogP contribution in [-0.2, 0) is 19.2 Å². The molecular weight excluding hydrogens is 400 g/mol. The van der Waals surface area contributed by atoms with E-state index >= 15 is 0 Å². The van der Waals surface area contributed by atoms with Crippen LogP contribution < -0.4 is 16.2 Å². The van der Waals surface area contributed by atoms with E-state index in [4.69, 9.17) is 5.21 Å². The lowest BCUT2D eigenvalue weighted by Crippen LogP contribution is -2.61. The molecule has 1 aliphatic rings. The largest absolute Gasteiger partial charge is 0.344 e. The lowest BCUT2D eigenvalue weighted by Gasteiger charge is -2.37. The van der Waals surface area contributed by atoms with Crippen LogP contribution in [0.5, 0.6) is 0 Å². The van der Waals surface area contributed by atoms with Crippen LogP contribution in [0, 0.1) is 11.8 Å². The van der Waals surface area contributed by atoms with E-state index < -0.39 is 23.9 Å². The third-order valence-corrected chi connectivity index (χ3v) is 5.61. The molecule has 0 saturated carbocycles. The van der Waals surface area contributed by atoms with E-state index in [1.54, 1.807) is 12.4 Å². The highest BCUT2D eigenvalue weighted by atomic mass is 16.5. The minimum atomic E-state index is -0.744. The van der Waals surface area contributed by atoms with Gasteiger partial charge in [-0.25, -0.2) is 10.9 Å². The Morgan fingerprint density at radius 1 is 1.16 bits per heavy atom. The van der Waals surface area contributed by atoms with Crippen molar-refractivity contribution in [2.75, 3.05) is 6.54 Å². The molecule has 3 atom stereocenters. The first kappa shape index (κ1) is 27.0. The first-order valence-corrected chi connectivity index (χ1v) is 11.6. The van der Waals surface area contributed by atoms with E-state index in [2.05, 4.69) is 17.7 Å². The molecule has 178 valence electrons. The molecule has 0 aromatic heterocycles. The van der Waals surface area contributed by atoms with Crippen molar-refractivity contribution in [1.82, 2.24) is 21.2 Å². The third kappa shape index (κ3) is 8.95. The summed E-state index contributed by atoms with van der Waals surface area (Å²) in [6, 6.07) is -1.32. The van der Waals surface area contributed by atoms with Crippen molar-refractivity contribution in [2.24, 2.45) is 11.8 Å². The topological polar surface area (TPSA) is 128 Å². The number of hydrogen-bond acceptors (Lipinski definition) is 6. The van der Waals surface area contributed by atoms with Gasteiger partial charge < -0.3 is 5.32 Å². The zero-order chi connectivity index (χ0) is 23.4. The average Bonchev–Trinajstić information content (AvgIpc) is 2.76. The number of carbonyl (C=O) groups is 4. The van der Waals surface area contributed by atoms with Crippen molar-refractivity contribution in [1.29, 1.82) is 0 Å². The molecular formula is C22H40N4O5. The minimum Gasteiger partial charge on any atom is -0.344 e. The molecule has 3 amide bonds. The molecule has 0 unspecified atom stereocenters. The van der Waals surface area contributed by atoms with Crippen LogP contribution in [0.15, 0.2) is 0 Å². The van der Waals surface area contributed by atoms with Crippen molar-refractivity contribution in [3.63, 3.8) is 0 Å². The first-order chi connectivity index (χ1) is 14.7. The summed E-state index contributed by atoms with van der Waals surface area (Å²) in [7, 11) is 0. The molecule has 0 aliphatic carbocycles. The van der Waals surface area contributed by atoms with E-state index in [-0.39, 0.29) is 29.9 Å². The fourth-order valence-corrected chi connectivity index (χ4v) is 3.89. The van der Waals surface area contributed by atoms with Crippen molar-refractivity contribution < 1.29 is 24.4 Å². The van der Waals surface area contributed by atoms with Crippen LogP contribution >= 0.6 is 0 Å². The van der Waals surface area contributed by atoms with Crippen LogP contribution in [-0.4, -0.2) is 52.3 Å². The standard InChI is InChI=1S/C22H40N4O5/c1-5-7-8-10-16(14-20(28)25-31)22(30)26-18(11-9-12-23-26)21(29)24-17(13-15(3)4)19(27)6-2/h15-18,23,31H,5-14H2,1-4H3,(H,24,29)(H,25,28)/t16-,17+,18+/m1/s1. The zero-order valence-electron chi connectivity index (χ0n) is 19.4. The number of hydroxylamine groups is 1. The van der Waals surface area contributed by atoms with Gasteiger partial charge in [-0.3, -0.25) is 29.4 Å². The van der Waals surface area contributed by atoms with Crippen LogP contribution in [0.1, 0.15) is 85.5 Å². The summed E-state index contributed by atoms with van der Waals surface area (Å²) in [6.45, 7) is 8.36. The summed E-state index contributed by atoms with van der Waals surface area (Å²) in [5, 5.41) is 13.1. The Kier molecular flexibility index (Phi) is 12.3. The van der Waals surface area contributed by atoms with E-state index in [1.165, 1.54) is 5.01 Å². The molecule has 1 heterocycles. The maximum absolute atomic E-state index is 13.3. The van der Waals surface area contributed by atoms with Gasteiger partial charge in [0.15, 0.2) is 5.78 Å². The summed E-state index contributed by atoms with van der Waals surface area (Å²) in [4.78, 5) is 50.4. The second kappa shape index (κ2) is 14.1. The monoisotopic (exact) mass is 440 g/mol. The van der Waals surface area contributed by atoms with Crippen LogP contribution in [0.2, 0.25) is 0 Å². The van der Waals surface area contributed by atoms with Gasteiger partial charge in [-0.2, -0.15) is 0 Å². The highest BCUT2D eigenvalue weighted by molar-refractivity contribution is 5.93. The molecule has 0 bridgehead atoms.